The van der Waals surface area contributed by atoms with Crippen LogP contribution in [0.4, 0.5) is 17.1 Å². The van der Waals surface area contributed by atoms with Crippen LogP contribution in [0.2, 0.25) is 10.0 Å². The molecule has 0 aliphatic carbocycles. The zero-order valence-electron chi connectivity index (χ0n) is 21.0. The van der Waals surface area contributed by atoms with Crippen LogP contribution in [0.15, 0.2) is 75.8 Å². The molecule has 13 heteroatoms. The van der Waals surface area contributed by atoms with Crippen LogP contribution in [0.1, 0.15) is 22.8 Å². The van der Waals surface area contributed by atoms with E-state index in [1.165, 1.54) is 31.4 Å². The molecule has 0 spiro atoms. The number of ether oxygens (including phenoxy) is 1. The molecule has 0 heterocycles. The minimum absolute atomic E-state index is 0. The Morgan fingerprint density at radius 2 is 1.77 bits per heavy atom. The van der Waals surface area contributed by atoms with Crippen molar-refractivity contribution in [2.75, 3.05) is 12.4 Å². The molecule has 0 aromatic heterocycles. The summed E-state index contributed by atoms with van der Waals surface area (Å²) in [5.74, 6) is -1.16. The predicted molar refractivity (Wildman–Crippen MR) is 144 cm³/mol. The molecule has 39 heavy (non-hydrogen) atoms. The molecule has 4 aromatic carbocycles. The SMILES string of the molecule is CCc1cc(Cl)cc(N=Nc2c([O-])c(C(=O)Nc3cc(Cl)ccc3OC)cc3ccccc23)c1S(=O)(=O)O.[Na+]. The molecule has 9 nitrogen and oxygen atoms in total. The fraction of sp³-hybridized carbons (Fsp3) is 0.115. The van der Waals surface area contributed by atoms with Gasteiger partial charge >= 0.3 is 29.6 Å². The summed E-state index contributed by atoms with van der Waals surface area (Å²) >= 11 is 12.2. The Labute approximate surface area is 256 Å². The zero-order chi connectivity index (χ0) is 27.6. The van der Waals surface area contributed by atoms with E-state index in [1.807, 2.05) is 0 Å². The topological polar surface area (TPSA) is 140 Å². The summed E-state index contributed by atoms with van der Waals surface area (Å²) < 4.78 is 39.3. The van der Waals surface area contributed by atoms with E-state index in [2.05, 4.69) is 15.5 Å². The number of hydrogen-bond donors (Lipinski definition) is 2. The summed E-state index contributed by atoms with van der Waals surface area (Å²) in [5, 5.41) is 25.5. The first kappa shape index (κ1) is 30.8. The van der Waals surface area contributed by atoms with Gasteiger partial charge in [-0.2, -0.15) is 13.5 Å². The van der Waals surface area contributed by atoms with Crippen molar-refractivity contribution in [3.8, 4) is 11.5 Å². The maximum absolute atomic E-state index is 13.5. The van der Waals surface area contributed by atoms with Crippen LogP contribution in [-0.4, -0.2) is 26.0 Å². The van der Waals surface area contributed by atoms with Crippen molar-refractivity contribution >= 4 is 67.1 Å². The molecule has 0 saturated carbocycles. The van der Waals surface area contributed by atoms with Gasteiger partial charge in [-0.15, -0.1) is 5.11 Å². The van der Waals surface area contributed by atoms with Crippen molar-refractivity contribution in [1.82, 2.24) is 0 Å². The van der Waals surface area contributed by atoms with Gasteiger partial charge in [0.15, 0.2) is 0 Å². The van der Waals surface area contributed by atoms with Gasteiger partial charge in [-0.25, -0.2) is 0 Å². The molecule has 2 N–H and O–H groups in total. The molecule has 4 aromatic rings. The summed E-state index contributed by atoms with van der Waals surface area (Å²) in [6.45, 7) is 1.68. The van der Waals surface area contributed by atoms with Gasteiger partial charge in [0, 0.05) is 21.0 Å². The third kappa shape index (κ3) is 6.72. The molecule has 0 fully saturated rings. The van der Waals surface area contributed by atoms with Crippen molar-refractivity contribution in [1.29, 1.82) is 0 Å². The Morgan fingerprint density at radius 3 is 2.44 bits per heavy atom. The van der Waals surface area contributed by atoms with Crippen LogP contribution in [0.5, 0.6) is 11.5 Å². The first-order chi connectivity index (χ1) is 18.0. The minimum atomic E-state index is -4.69. The maximum Gasteiger partial charge on any atom is 1.00 e. The summed E-state index contributed by atoms with van der Waals surface area (Å²) in [5.41, 5.74) is -0.214. The van der Waals surface area contributed by atoms with Crippen molar-refractivity contribution < 1.29 is 57.2 Å². The average Bonchev–Trinajstić information content (AvgIpc) is 2.86. The summed E-state index contributed by atoms with van der Waals surface area (Å²) in [6, 6.07) is 15.4. The van der Waals surface area contributed by atoms with E-state index in [0.717, 1.165) is 0 Å². The molecule has 0 bridgehead atoms. The van der Waals surface area contributed by atoms with Crippen molar-refractivity contribution in [2.24, 2.45) is 10.2 Å². The van der Waals surface area contributed by atoms with E-state index >= 15 is 0 Å². The second kappa shape index (κ2) is 12.6. The second-order valence-corrected chi connectivity index (χ2v) is 10.3. The van der Waals surface area contributed by atoms with E-state index in [9.17, 15) is 22.9 Å². The molecule has 0 aliphatic heterocycles. The van der Waals surface area contributed by atoms with Gasteiger partial charge in [-0.05, 0) is 53.8 Å². The monoisotopic (exact) mass is 595 g/mol. The number of nitrogens with one attached hydrogen (secondary N) is 1. The number of anilines is 1. The van der Waals surface area contributed by atoms with Crippen LogP contribution < -0.4 is 44.7 Å². The zero-order valence-corrected chi connectivity index (χ0v) is 25.4. The van der Waals surface area contributed by atoms with Gasteiger partial charge in [0.25, 0.3) is 16.0 Å². The number of carbonyl (C=O) groups excluding carboxylic acids is 1. The van der Waals surface area contributed by atoms with E-state index in [0.29, 0.717) is 21.5 Å². The molecular weight excluding hydrogens is 576 g/mol. The van der Waals surface area contributed by atoms with Crippen molar-refractivity contribution in [3.63, 3.8) is 0 Å². The van der Waals surface area contributed by atoms with E-state index in [-0.39, 0.29) is 69.2 Å². The largest absolute Gasteiger partial charge is 1.00 e. The maximum atomic E-state index is 13.5. The number of azo groups is 1. The predicted octanol–water partition coefficient (Wildman–Crippen LogP) is 3.71. The quantitative estimate of drug-likeness (QED) is 0.189. The molecule has 0 unspecified atom stereocenters. The average molecular weight is 596 g/mol. The number of amides is 1. The number of carbonyl (C=O) groups is 1. The number of halogens is 2. The molecule has 0 aliphatic rings. The molecule has 0 saturated heterocycles. The number of methoxy groups -OCH3 is 1. The number of nitrogens with zero attached hydrogens (tertiary/aromatic N) is 2. The first-order valence-corrected chi connectivity index (χ1v) is 13.3. The van der Waals surface area contributed by atoms with Crippen LogP contribution in [0.25, 0.3) is 10.8 Å². The third-order valence-corrected chi connectivity index (χ3v) is 7.08. The molecule has 196 valence electrons. The van der Waals surface area contributed by atoms with Crippen molar-refractivity contribution in [2.45, 2.75) is 18.2 Å². The Kier molecular flexibility index (Phi) is 10.0. The van der Waals surface area contributed by atoms with Gasteiger partial charge in [0.1, 0.15) is 16.3 Å². The summed E-state index contributed by atoms with van der Waals surface area (Å²) in [4.78, 5) is 12.7. The fourth-order valence-corrected chi connectivity index (χ4v) is 5.22. The molecule has 4 rings (SSSR count). The van der Waals surface area contributed by atoms with Crippen LogP contribution >= 0.6 is 23.2 Å². The van der Waals surface area contributed by atoms with Gasteiger partial charge in [-0.1, -0.05) is 60.1 Å². The van der Waals surface area contributed by atoms with Crippen molar-refractivity contribution in [3.05, 3.63) is 81.8 Å². The van der Waals surface area contributed by atoms with E-state index in [1.54, 1.807) is 43.3 Å². The minimum Gasteiger partial charge on any atom is -0.870 e. The third-order valence-electron chi connectivity index (χ3n) is 5.64. The van der Waals surface area contributed by atoms with Crippen LogP contribution in [-0.2, 0) is 16.5 Å². The first-order valence-electron chi connectivity index (χ1n) is 11.1. The molecule has 0 atom stereocenters. The fourth-order valence-electron chi connectivity index (χ4n) is 3.92. The summed E-state index contributed by atoms with van der Waals surface area (Å²) in [7, 11) is -3.27. The molecule has 1 amide bonds. The standard InChI is InChI=1S/C26H21Cl2N3O6S.Na/c1-3-14-10-17(28)13-21(25(14)38(34,35)36)30-31-23-18-7-5-4-6-15(18)11-19(24(23)32)26(33)29-20-12-16(27)8-9-22(20)37-2;/h4-13,32H,3H2,1-2H3,(H,29,33)(H,34,35,36);/q;+1/p-1. The van der Waals surface area contributed by atoms with Gasteiger partial charge in [0.05, 0.1) is 18.5 Å². The van der Waals surface area contributed by atoms with Gasteiger partial charge in [0.2, 0.25) is 0 Å². The van der Waals surface area contributed by atoms with Gasteiger partial charge in [-0.3, -0.25) is 9.35 Å². The number of aryl methyl sites for hydroxylation is 1. The van der Waals surface area contributed by atoms with E-state index < -0.39 is 26.7 Å². The molecule has 0 radical (unpaired) electrons. The normalized spacial score (nSPS) is 11.4. The Balaban J connectivity index is 0.00000420. The van der Waals surface area contributed by atoms with Crippen LogP contribution in [0.3, 0.4) is 0 Å². The second-order valence-electron chi connectivity index (χ2n) is 8.06. The van der Waals surface area contributed by atoms with E-state index in [4.69, 9.17) is 27.9 Å². The van der Waals surface area contributed by atoms with Gasteiger partial charge < -0.3 is 15.2 Å². The number of hydrogen-bond acceptors (Lipinski definition) is 7. The Bertz CT molecular complexity index is 1710. The van der Waals surface area contributed by atoms with Crippen LogP contribution in [0, 0.1) is 0 Å². The Morgan fingerprint density at radius 1 is 1.05 bits per heavy atom. The molecular formula is C26H20Cl2N3NaO6S. The summed E-state index contributed by atoms with van der Waals surface area (Å²) in [6.07, 6.45) is 0.233. The smallest absolute Gasteiger partial charge is 0.870 e. The number of rotatable bonds is 7. The Hall–Kier alpha value is -2.70. The number of benzene rings is 4. The number of fused-ring (bicyclic) bond motifs is 1.